The summed E-state index contributed by atoms with van der Waals surface area (Å²) in [4.78, 5) is 0.0579. The summed E-state index contributed by atoms with van der Waals surface area (Å²) in [6.45, 7) is 0.441. The van der Waals surface area contributed by atoms with Crippen LogP contribution >= 0.6 is 47.8 Å². The molecule has 0 fully saturated rings. The van der Waals surface area contributed by atoms with Crippen LogP contribution in [0.2, 0.25) is 0 Å². The second-order valence-corrected chi connectivity index (χ2v) is 8.25. The summed E-state index contributed by atoms with van der Waals surface area (Å²) >= 11 is 9.77. The minimum atomic E-state index is -3.74. The molecule has 0 saturated heterocycles. The number of hydrogen-bond donors (Lipinski definition) is 2. The van der Waals surface area contributed by atoms with Crippen molar-refractivity contribution in [3.05, 3.63) is 43.6 Å². The standard InChI is InChI=1S/C12H11Br3N2O3S/c1-16-6-8-5-11(12(15)20-8)21(18,19)17-10-3-2-7(13)4-9(10)14/h2-5,16-17H,6H2,1H3. The van der Waals surface area contributed by atoms with E-state index in [1.165, 1.54) is 6.07 Å². The second-order valence-electron chi connectivity index (χ2n) is 4.11. The van der Waals surface area contributed by atoms with E-state index in [4.69, 9.17) is 4.42 Å². The van der Waals surface area contributed by atoms with E-state index >= 15 is 0 Å². The van der Waals surface area contributed by atoms with E-state index in [1.807, 2.05) is 0 Å². The molecule has 0 unspecified atom stereocenters. The van der Waals surface area contributed by atoms with Crippen LogP contribution in [0.3, 0.4) is 0 Å². The summed E-state index contributed by atoms with van der Waals surface area (Å²) in [7, 11) is -1.99. The molecule has 0 aliphatic heterocycles. The van der Waals surface area contributed by atoms with E-state index in [2.05, 4.69) is 57.8 Å². The SMILES string of the molecule is CNCc1cc(S(=O)(=O)Nc2ccc(Br)cc2Br)c(Br)o1. The van der Waals surface area contributed by atoms with E-state index in [-0.39, 0.29) is 9.56 Å². The highest BCUT2D eigenvalue weighted by Gasteiger charge is 2.23. The number of nitrogens with one attached hydrogen (secondary N) is 2. The predicted octanol–water partition coefficient (Wildman–Crippen LogP) is 4.09. The monoisotopic (exact) mass is 500 g/mol. The number of hydrogen-bond acceptors (Lipinski definition) is 4. The minimum absolute atomic E-state index is 0.0579. The lowest BCUT2D eigenvalue weighted by Crippen LogP contribution is -2.13. The van der Waals surface area contributed by atoms with Crippen LogP contribution in [-0.2, 0) is 16.6 Å². The van der Waals surface area contributed by atoms with Crippen molar-refractivity contribution in [3.63, 3.8) is 0 Å². The molecule has 0 radical (unpaired) electrons. The van der Waals surface area contributed by atoms with Gasteiger partial charge in [-0.1, -0.05) is 15.9 Å². The molecule has 21 heavy (non-hydrogen) atoms. The molecular formula is C12H11Br3N2O3S. The number of halogens is 3. The summed E-state index contributed by atoms with van der Waals surface area (Å²) in [6.07, 6.45) is 0. The van der Waals surface area contributed by atoms with Crippen LogP contribution in [0.15, 0.2) is 47.2 Å². The number of benzene rings is 1. The zero-order chi connectivity index (χ0) is 15.6. The van der Waals surface area contributed by atoms with Crippen molar-refractivity contribution in [1.29, 1.82) is 0 Å². The number of furan rings is 1. The average molecular weight is 503 g/mol. The van der Waals surface area contributed by atoms with Gasteiger partial charge < -0.3 is 9.73 Å². The Morgan fingerprint density at radius 3 is 2.52 bits per heavy atom. The predicted molar refractivity (Wildman–Crippen MR) is 91.8 cm³/mol. The molecule has 0 aliphatic carbocycles. The van der Waals surface area contributed by atoms with Gasteiger partial charge in [-0.05, 0) is 57.1 Å². The Morgan fingerprint density at radius 2 is 1.90 bits per heavy atom. The van der Waals surface area contributed by atoms with Gasteiger partial charge in [0, 0.05) is 15.0 Å². The van der Waals surface area contributed by atoms with Crippen LogP contribution < -0.4 is 10.0 Å². The zero-order valence-electron chi connectivity index (χ0n) is 10.8. The van der Waals surface area contributed by atoms with E-state index in [9.17, 15) is 8.42 Å². The molecule has 0 saturated carbocycles. The topological polar surface area (TPSA) is 71.3 Å². The van der Waals surface area contributed by atoms with Gasteiger partial charge in [0.2, 0.25) is 0 Å². The Balaban J connectivity index is 2.34. The van der Waals surface area contributed by atoms with Crippen LogP contribution in [0.4, 0.5) is 5.69 Å². The Labute approximate surface area is 147 Å². The Hall–Kier alpha value is -0.350. The molecule has 9 heteroatoms. The van der Waals surface area contributed by atoms with Gasteiger partial charge in [0.25, 0.3) is 10.0 Å². The average Bonchev–Trinajstić information content (AvgIpc) is 2.75. The minimum Gasteiger partial charge on any atom is -0.451 e. The molecule has 0 spiro atoms. The van der Waals surface area contributed by atoms with Crippen molar-refractivity contribution in [2.75, 3.05) is 11.8 Å². The van der Waals surface area contributed by atoms with E-state index in [0.717, 1.165) is 4.47 Å². The van der Waals surface area contributed by atoms with Gasteiger partial charge in [-0.3, -0.25) is 4.72 Å². The highest BCUT2D eigenvalue weighted by molar-refractivity contribution is 9.11. The fourth-order valence-electron chi connectivity index (χ4n) is 1.61. The lowest BCUT2D eigenvalue weighted by Gasteiger charge is -2.08. The van der Waals surface area contributed by atoms with E-state index in [1.54, 1.807) is 25.2 Å². The molecule has 0 atom stereocenters. The van der Waals surface area contributed by atoms with Crippen LogP contribution in [-0.4, -0.2) is 15.5 Å². The van der Waals surface area contributed by atoms with Crippen molar-refractivity contribution < 1.29 is 12.8 Å². The van der Waals surface area contributed by atoms with Crippen LogP contribution in [0, 0.1) is 0 Å². The van der Waals surface area contributed by atoms with Crippen molar-refractivity contribution in [1.82, 2.24) is 5.32 Å². The molecule has 1 heterocycles. The first-order valence-electron chi connectivity index (χ1n) is 5.74. The maximum Gasteiger partial charge on any atom is 0.266 e. The first-order chi connectivity index (χ1) is 9.83. The van der Waals surface area contributed by atoms with Gasteiger partial charge in [-0.2, -0.15) is 0 Å². The molecule has 0 aliphatic rings. The van der Waals surface area contributed by atoms with E-state index in [0.29, 0.717) is 22.5 Å². The largest absolute Gasteiger partial charge is 0.451 e. The van der Waals surface area contributed by atoms with Crippen LogP contribution in [0.1, 0.15) is 5.76 Å². The summed E-state index contributed by atoms with van der Waals surface area (Å²) in [5.74, 6) is 0.527. The zero-order valence-corrected chi connectivity index (χ0v) is 16.4. The molecule has 2 N–H and O–H groups in total. The third-order valence-electron chi connectivity index (χ3n) is 2.52. The molecule has 114 valence electrons. The fourth-order valence-corrected chi connectivity index (χ4v) is 4.97. The molecule has 5 nitrogen and oxygen atoms in total. The Bertz CT molecular complexity index is 759. The van der Waals surface area contributed by atoms with Gasteiger partial charge in [-0.25, -0.2) is 8.42 Å². The van der Waals surface area contributed by atoms with E-state index < -0.39 is 10.0 Å². The smallest absolute Gasteiger partial charge is 0.266 e. The highest BCUT2D eigenvalue weighted by Crippen LogP contribution is 2.31. The summed E-state index contributed by atoms with van der Waals surface area (Å²) < 4.78 is 34.4. The second kappa shape index (κ2) is 6.82. The summed E-state index contributed by atoms with van der Waals surface area (Å²) in [6, 6.07) is 6.65. The lowest BCUT2D eigenvalue weighted by molar-refractivity contribution is 0.470. The van der Waals surface area contributed by atoms with Crippen molar-refractivity contribution in [2.24, 2.45) is 0 Å². The third kappa shape index (κ3) is 4.10. The molecule has 2 rings (SSSR count). The van der Waals surface area contributed by atoms with Crippen molar-refractivity contribution >= 4 is 63.5 Å². The quantitative estimate of drug-likeness (QED) is 0.646. The normalized spacial score (nSPS) is 11.6. The summed E-state index contributed by atoms with van der Waals surface area (Å²) in [5, 5.41) is 2.90. The van der Waals surface area contributed by atoms with Gasteiger partial charge in [0.05, 0.1) is 12.2 Å². The Kier molecular flexibility index (Phi) is 5.53. The molecule has 0 amide bonds. The summed E-state index contributed by atoms with van der Waals surface area (Å²) in [5.41, 5.74) is 0.446. The molecule has 2 aromatic rings. The molecule has 0 bridgehead atoms. The fraction of sp³-hybridized carbons (Fsp3) is 0.167. The number of sulfonamides is 1. The number of rotatable bonds is 5. The number of anilines is 1. The lowest BCUT2D eigenvalue weighted by atomic mass is 10.3. The maximum atomic E-state index is 12.4. The van der Waals surface area contributed by atoms with Crippen LogP contribution in [0.25, 0.3) is 0 Å². The third-order valence-corrected chi connectivity index (χ3v) is 5.89. The first kappa shape index (κ1) is 17.0. The van der Waals surface area contributed by atoms with Gasteiger partial charge in [0.1, 0.15) is 10.7 Å². The maximum absolute atomic E-state index is 12.4. The van der Waals surface area contributed by atoms with Gasteiger partial charge >= 0.3 is 0 Å². The van der Waals surface area contributed by atoms with Crippen molar-refractivity contribution in [2.45, 2.75) is 11.4 Å². The molecule has 1 aromatic carbocycles. The first-order valence-corrected chi connectivity index (χ1v) is 9.60. The Morgan fingerprint density at radius 1 is 1.19 bits per heavy atom. The van der Waals surface area contributed by atoms with Gasteiger partial charge in [0.15, 0.2) is 4.67 Å². The highest BCUT2D eigenvalue weighted by atomic mass is 79.9. The molecular weight excluding hydrogens is 492 g/mol. The van der Waals surface area contributed by atoms with Crippen molar-refractivity contribution in [3.8, 4) is 0 Å². The van der Waals surface area contributed by atoms with Crippen LogP contribution in [0.5, 0.6) is 0 Å². The van der Waals surface area contributed by atoms with Gasteiger partial charge in [-0.15, -0.1) is 0 Å². The molecule has 1 aromatic heterocycles.